The summed E-state index contributed by atoms with van der Waals surface area (Å²) >= 11 is 5.87. The first-order valence-electron chi connectivity index (χ1n) is 3.32. The Labute approximate surface area is 74.0 Å². The molecule has 0 aliphatic carbocycles. The van der Waals surface area contributed by atoms with Gasteiger partial charge in [0.25, 0.3) is 0 Å². The van der Waals surface area contributed by atoms with Crippen molar-refractivity contribution in [3.8, 4) is 11.5 Å². The van der Waals surface area contributed by atoms with E-state index in [0.29, 0.717) is 10.9 Å². The first-order valence-corrected chi connectivity index (χ1v) is 3.70. The van der Waals surface area contributed by atoms with Crippen LogP contribution in [0.25, 0.3) is 11.5 Å². The number of aromatic nitrogens is 2. The van der Waals surface area contributed by atoms with Gasteiger partial charge in [0.1, 0.15) is 0 Å². The Bertz CT molecular complexity index is 372. The number of nitrogens with zero attached hydrogens (tertiary/aromatic N) is 2. The van der Waals surface area contributed by atoms with Crippen molar-refractivity contribution in [1.82, 2.24) is 10.2 Å². The van der Waals surface area contributed by atoms with Crippen LogP contribution in [0.4, 0.5) is 0 Å². The van der Waals surface area contributed by atoms with Gasteiger partial charge in [0.15, 0.2) is 0 Å². The predicted octanol–water partition coefficient (Wildman–Crippen LogP) is 2.19. The summed E-state index contributed by atoms with van der Waals surface area (Å²) in [6.45, 7) is 0. The highest BCUT2D eigenvalue weighted by Crippen LogP contribution is 2.24. The van der Waals surface area contributed by atoms with Crippen LogP contribution < -0.4 is 0 Å². The molecule has 0 saturated heterocycles. The van der Waals surface area contributed by atoms with Gasteiger partial charge in [-0.3, -0.25) is 0 Å². The molecule has 1 aromatic heterocycles. The largest absolute Gasteiger partial charge is 0.412 e. The minimum Gasteiger partial charge on any atom is -0.412 e. The van der Waals surface area contributed by atoms with Crippen LogP contribution >= 0.6 is 11.6 Å². The average Bonchev–Trinajstić information content (AvgIpc) is 2.57. The lowest BCUT2D eigenvalue weighted by molar-refractivity contribution is 0.559. The van der Waals surface area contributed by atoms with Crippen LogP contribution in [-0.2, 0) is 0 Å². The molecule has 0 amide bonds. The summed E-state index contributed by atoms with van der Waals surface area (Å²) in [6.07, 6.45) is 2.26. The van der Waals surface area contributed by atoms with Crippen molar-refractivity contribution in [2.75, 3.05) is 0 Å². The third kappa shape index (κ3) is 1.19. The number of halogens is 1. The summed E-state index contributed by atoms with van der Waals surface area (Å²) in [5.41, 5.74) is 0.730. The molecule has 59 valence electrons. The van der Waals surface area contributed by atoms with Gasteiger partial charge in [-0.15, -0.1) is 10.2 Å². The van der Waals surface area contributed by atoms with Gasteiger partial charge in [-0.1, -0.05) is 23.7 Å². The molecule has 4 heteroatoms. The van der Waals surface area contributed by atoms with Crippen LogP contribution in [-0.4, -0.2) is 10.2 Å². The van der Waals surface area contributed by atoms with E-state index in [4.69, 9.17) is 16.0 Å². The smallest absolute Gasteiger partial charge is 0.306 e. The van der Waals surface area contributed by atoms with Crippen LogP contribution in [0.2, 0.25) is 5.02 Å². The normalized spacial score (nSPS) is 10.1. The van der Waals surface area contributed by atoms with Gasteiger partial charge in [-0.25, -0.2) is 0 Å². The minimum atomic E-state index is 0.389. The third-order valence-corrected chi connectivity index (χ3v) is 1.76. The predicted molar refractivity (Wildman–Crippen MR) is 43.6 cm³/mol. The van der Waals surface area contributed by atoms with Crippen molar-refractivity contribution >= 4 is 11.6 Å². The number of rotatable bonds is 1. The Morgan fingerprint density at radius 3 is 2.83 bits per heavy atom. The van der Waals surface area contributed by atoms with Crippen molar-refractivity contribution in [2.24, 2.45) is 0 Å². The summed E-state index contributed by atoms with van der Waals surface area (Å²) in [5, 5.41) is 7.72. The van der Waals surface area contributed by atoms with Crippen molar-refractivity contribution < 1.29 is 4.42 Å². The second-order valence-electron chi connectivity index (χ2n) is 2.18. The van der Waals surface area contributed by atoms with E-state index in [1.54, 1.807) is 6.07 Å². The molecule has 0 saturated carbocycles. The van der Waals surface area contributed by atoms with Gasteiger partial charge in [0, 0.05) is 0 Å². The average molecular weight is 180 g/mol. The number of hydrogen-bond donors (Lipinski definition) is 0. The van der Waals surface area contributed by atoms with Gasteiger partial charge >= 0.3 is 6.39 Å². The summed E-state index contributed by atoms with van der Waals surface area (Å²) in [7, 11) is 0. The zero-order valence-electron chi connectivity index (χ0n) is 5.99. The van der Waals surface area contributed by atoms with Gasteiger partial charge in [-0.2, -0.15) is 0 Å². The van der Waals surface area contributed by atoms with Crippen molar-refractivity contribution in [1.29, 1.82) is 0 Å². The first-order chi connectivity index (χ1) is 5.88. The van der Waals surface area contributed by atoms with E-state index < -0.39 is 0 Å². The Balaban J connectivity index is 2.55. The maximum atomic E-state index is 5.87. The van der Waals surface area contributed by atoms with E-state index in [1.807, 2.05) is 18.2 Å². The molecule has 0 bridgehead atoms. The lowest BCUT2D eigenvalue weighted by Crippen LogP contribution is -1.78. The molecule has 1 aromatic carbocycles. The highest BCUT2D eigenvalue weighted by Gasteiger charge is 2.06. The summed E-state index contributed by atoms with van der Waals surface area (Å²) in [5.74, 6) is 0.389. The molecule has 2 aromatic rings. The Hall–Kier alpha value is -1.35. The zero-order chi connectivity index (χ0) is 8.39. The molecule has 0 aliphatic rings. The molecule has 2 rings (SSSR count). The fraction of sp³-hybridized carbons (Fsp3) is 0. The number of hydrogen-bond acceptors (Lipinski definition) is 3. The lowest BCUT2D eigenvalue weighted by atomic mass is 10.2. The van der Waals surface area contributed by atoms with Crippen LogP contribution in [0.15, 0.2) is 28.7 Å². The van der Waals surface area contributed by atoms with E-state index in [0.717, 1.165) is 5.56 Å². The Kier molecular flexibility index (Phi) is 1.80. The van der Waals surface area contributed by atoms with E-state index in [9.17, 15) is 0 Å². The molecule has 3 nitrogen and oxygen atoms in total. The van der Waals surface area contributed by atoms with E-state index in [-0.39, 0.29) is 0 Å². The quantitative estimate of drug-likeness (QED) is 0.674. The molecule has 1 radical (unpaired) electrons. The van der Waals surface area contributed by atoms with Crippen LogP contribution in [0.5, 0.6) is 0 Å². The number of benzene rings is 1. The van der Waals surface area contributed by atoms with Gasteiger partial charge in [-0.05, 0) is 12.1 Å². The first kappa shape index (κ1) is 7.31. The molecular weight excluding hydrogens is 176 g/mol. The monoisotopic (exact) mass is 179 g/mol. The summed E-state index contributed by atoms with van der Waals surface area (Å²) in [4.78, 5) is 0. The van der Waals surface area contributed by atoms with E-state index in [2.05, 4.69) is 16.6 Å². The molecule has 0 unspecified atom stereocenters. The standard InChI is InChI=1S/C8H4ClN2O/c9-7-4-2-1-3-6(7)8-11-10-5-12-8/h1-4H. The SMILES string of the molecule is Clc1ccccc1-c1nn[c]o1. The third-order valence-electron chi connectivity index (χ3n) is 1.43. The molecule has 0 N–H and O–H groups in total. The molecule has 0 atom stereocenters. The fourth-order valence-corrected chi connectivity index (χ4v) is 1.11. The van der Waals surface area contributed by atoms with Crippen molar-refractivity contribution in [3.63, 3.8) is 0 Å². The molecule has 0 aliphatic heterocycles. The highest BCUT2D eigenvalue weighted by atomic mass is 35.5. The van der Waals surface area contributed by atoms with Gasteiger partial charge in [0.2, 0.25) is 5.89 Å². The molecule has 0 spiro atoms. The van der Waals surface area contributed by atoms with Crippen molar-refractivity contribution in [2.45, 2.75) is 0 Å². The van der Waals surface area contributed by atoms with Gasteiger partial charge < -0.3 is 4.42 Å². The summed E-state index contributed by atoms with van der Waals surface area (Å²) < 4.78 is 4.87. The Morgan fingerprint density at radius 2 is 2.17 bits per heavy atom. The highest BCUT2D eigenvalue weighted by molar-refractivity contribution is 6.33. The van der Waals surface area contributed by atoms with Crippen LogP contribution in [0.3, 0.4) is 0 Å². The van der Waals surface area contributed by atoms with Crippen molar-refractivity contribution in [3.05, 3.63) is 35.7 Å². The van der Waals surface area contributed by atoms with Gasteiger partial charge in [0.05, 0.1) is 10.6 Å². The second kappa shape index (κ2) is 2.95. The molecular formula is C8H4ClN2O. The fourth-order valence-electron chi connectivity index (χ4n) is 0.893. The minimum absolute atomic E-state index is 0.389. The van der Waals surface area contributed by atoms with Crippen LogP contribution in [0, 0.1) is 6.39 Å². The Morgan fingerprint density at radius 1 is 1.33 bits per heavy atom. The van der Waals surface area contributed by atoms with E-state index >= 15 is 0 Å². The lowest BCUT2D eigenvalue weighted by Gasteiger charge is -1.95. The topological polar surface area (TPSA) is 38.9 Å². The van der Waals surface area contributed by atoms with E-state index in [1.165, 1.54) is 0 Å². The van der Waals surface area contributed by atoms with Crippen LogP contribution in [0.1, 0.15) is 0 Å². The second-order valence-corrected chi connectivity index (χ2v) is 2.59. The maximum Gasteiger partial charge on any atom is 0.306 e. The molecule has 12 heavy (non-hydrogen) atoms. The summed E-state index contributed by atoms with van der Waals surface area (Å²) in [6, 6.07) is 7.27. The zero-order valence-corrected chi connectivity index (χ0v) is 6.75. The molecule has 1 heterocycles. The molecule has 0 fully saturated rings. The maximum absolute atomic E-state index is 5.87.